The fraction of sp³-hybridized carbons (Fsp3) is 0.667. The lowest BCUT2D eigenvalue weighted by molar-refractivity contribution is 0.496. The van der Waals surface area contributed by atoms with Crippen LogP contribution in [0, 0.1) is 5.92 Å². The summed E-state index contributed by atoms with van der Waals surface area (Å²) in [6, 6.07) is 9.61. The van der Waals surface area contributed by atoms with Crippen LogP contribution in [0.5, 0.6) is 0 Å². The van der Waals surface area contributed by atoms with Crippen LogP contribution in [-0.2, 0) is 6.42 Å². The normalized spacial score (nSPS) is 20.0. The first kappa shape index (κ1) is 15.4. The Hall–Kier alpha value is -1.02. The Kier molecular flexibility index (Phi) is 6.38. The van der Waals surface area contributed by atoms with Gasteiger partial charge < -0.3 is 10.6 Å². The summed E-state index contributed by atoms with van der Waals surface area (Å²) in [5.41, 5.74) is 2.75. The van der Waals surface area contributed by atoms with Gasteiger partial charge in [0.15, 0.2) is 0 Å². The van der Waals surface area contributed by atoms with Crippen molar-refractivity contribution in [3.8, 4) is 0 Å². The molecule has 1 aromatic carbocycles. The minimum absolute atomic E-state index is 0.657. The summed E-state index contributed by atoms with van der Waals surface area (Å²) in [7, 11) is 0. The topological polar surface area (TPSA) is 24.1 Å². The van der Waals surface area contributed by atoms with E-state index in [0.29, 0.717) is 6.04 Å². The van der Waals surface area contributed by atoms with Crippen molar-refractivity contribution in [2.45, 2.75) is 58.4 Å². The van der Waals surface area contributed by atoms with E-state index in [2.05, 4.69) is 48.7 Å². The fourth-order valence-corrected chi connectivity index (χ4v) is 2.87. The summed E-state index contributed by atoms with van der Waals surface area (Å²) >= 11 is 0. The molecular weight excluding hydrogens is 244 g/mol. The van der Waals surface area contributed by atoms with Gasteiger partial charge in [-0.15, -0.1) is 0 Å². The van der Waals surface area contributed by atoms with Crippen molar-refractivity contribution < 1.29 is 0 Å². The van der Waals surface area contributed by atoms with E-state index >= 15 is 0 Å². The third-order valence-electron chi connectivity index (χ3n) is 4.50. The molecular formula is C18H30N2. The molecule has 2 N–H and O–H groups in total. The van der Waals surface area contributed by atoms with Gasteiger partial charge in [-0.2, -0.15) is 0 Å². The van der Waals surface area contributed by atoms with Crippen molar-refractivity contribution in [1.82, 2.24) is 5.32 Å². The number of rotatable bonds is 8. The molecule has 1 saturated heterocycles. The zero-order valence-corrected chi connectivity index (χ0v) is 13.1. The van der Waals surface area contributed by atoms with E-state index in [1.54, 1.807) is 0 Å². The molecule has 2 unspecified atom stereocenters. The van der Waals surface area contributed by atoms with Crippen molar-refractivity contribution in [1.29, 1.82) is 0 Å². The second-order valence-corrected chi connectivity index (χ2v) is 6.28. The van der Waals surface area contributed by atoms with Crippen LogP contribution in [0.25, 0.3) is 0 Å². The lowest BCUT2D eigenvalue weighted by Crippen LogP contribution is -2.29. The van der Waals surface area contributed by atoms with Gasteiger partial charge in [0.25, 0.3) is 0 Å². The van der Waals surface area contributed by atoms with Crippen molar-refractivity contribution in [3.63, 3.8) is 0 Å². The maximum Gasteiger partial charge on any atom is 0.0343 e. The van der Waals surface area contributed by atoms with Gasteiger partial charge in [-0.3, -0.25) is 0 Å². The van der Waals surface area contributed by atoms with Crippen LogP contribution in [0.1, 0.15) is 51.5 Å². The number of anilines is 1. The first-order valence-corrected chi connectivity index (χ1v) is 8.34. The summed E-state index contributed by atoms with van der Waals surface area (Å²) in [5, 5.41) is 7.11. The number of hydrogen-bond acceptors (Lipinski definition) is 2. The second-order valence-electron chi connectivity index (χ2n) is 6.28. The van der Waals surface area contributed by atoms with Crippen molar-refractivity contribution in [3.05, 3.63) is 29.8 Å². The summed E-state index contributed by atoms with van der Waals surface area (Å²) in [5.74, 6) is 0.866. The largest absolute Gasteiger partial charge is 0.383 e. The Balaban J connectivity index is 1.75. The van der Waals surface area contributed by atoms with Crippen LogP contribution in [0.15, 0.2) is 24.3 Å². The molecule has 0 amide bonds. The van der Waals surface area contributed by atoms with Crippen LogP contribution < -0.4 is 10.6 Å². The Morgan fingerprint density at radius 3 is 3.05 bits per heavy atom. The van der Waals surface area contributed by atoms with Crippen molar-refractivity contribution >= 4 is 5.69 Å². The van der Waals surface area contributed by atoms with Gasteiger partial charge >= 0.3 is 0 Å². The molecule has 1 aromatic rings. The highest BCUT2D eigenvalue weighted by atomic mass is 15.0. The molecule has 0 radical (unpaired) electrons. The standard InChI is InChI=1S/C18H30N2/c1-3-15(2)7-4-8-16-9-5-10-17(13-16)20-14-18-11-6-12-19-18/h5,9-10,13,15,18-20H,3-4,6-8,11-12,14H2,1-2H3. The molecule has 20 heavy (non-hydrogen) atoms. The quantitative estimate of drug-likeness (QED) is 0.741. The molecule has 1 fully saturated rings. The third-order valence-corrected chi connectivity index (χ3v) is 4.50. The van der Waals surface area contributed by atoms with E-state index in [1.807, 2.05) is 0 Å². The Bertz CT molecular complexity index is 383. The molecule has 1 aliphatic heterocycles. The summed E-state index contributed by atoms with van der Waals surface area (Å²) < 4.78 is 0. The van der Waals surface area contributed by atoms with Crippen LogP contribution in [0.2, 0.25) is 0 Å². The van der Waals surface area contributed by atoms with Gasteiger partial charge in [0, 0.05) is 18.3 Å². The summed E-state index contributed by atoms with van der Waals surface area (Å²) in [4.78, 5) is 0. The molecule has 0 spiro atoms. The first-order valence-electron chi connectivity index (χ1n) is 8.34. The Labute approximate surface area is 124 Å². The zero-order valence-electron chi connectivity index (χ0n) is 13.1. The van der Waals surface area contributed by atoms with Crippen molar-refractivity contribution in [2.75, 3.05) is 18.4 Å². The number of aryl methyl sites for hydroxylation is 1. The van der Waals surface area contributed by atoms with E-state index in [-0.39, 0.29) is 0 Å². The number of nitrogens with one attached hydrogen (secondary N) is 2. The third kappa shape index (κ3) is 5.16. The zero-order chi connectivity index (χ0) is 14.2. The Morgan fingerprint density at radius 1 is 1.40 bits per heavy atom. The van der Waals surface area contributed by atoms with Gasteiger partial charge in [-0.1, -0.05) is 38.8 Å². The predicted molar refractivity (Wildman–Crippen MR) is 88.3 cm³/mol. The maximum absolute atomic E-state index is 3.57. The fourth-order valence-electron chi connectivity index (χ4n) is 2.87. The summed E-state index contributed by atoms with van der Waals surface area (Å²) in [6.07, 6.45) is 7.80. The lowest BCUT2D eigenvalue weighted by atomic mass is 9.99. The molecule has 1 heterocycles. The maximum atomic E-state index is 3.57. The average molecular weight is 274 g/mol. The monoisotopic (exact) mass is 274 g/mol. The molecule has 0 saturated carbocycles. The van der Waals surface area contributed by atoms with E-state index < -0.39 is 0 Å². The van der Waals surface area contributed by atoms with Crippen LogP contribution in [0.3, 0.4) is 0 Å². The Morgan fingerprint density at radius 2 is 2.30 bits per heavy atom. The smallest absolute Gasteiger partial charge is 0.0343 e. The minimum Gasteiger partial charge on any atom is -0.383 e. The van der Waals surface area contributed by atoms with Crippen LogP contribution in [-0.4, -0.2) is 19.1 Å². The molecule has 112 valence electrons. The van der Waals surface area contributed by atoms with E-state index in [9.17, 15) is 0 Å². The SMILES string of the molecule is CCC(C)CCCc1cccc(NCC2CCCN2)c1. The highest BCUT2D eigenvalue weighted by Crippen LogP contribution is 2.16. The molecule has 2 heteroatoms. The van der Waals surface area contributed by atoms with E-state index in [0.717, 1.165) is 12.5 Å². The highest BCUT2D eigenvalue weighted by Gasteiger charge is 2.13. The highest BCUT2D eigenvalue weighted by molar-refractivity contribution is 5.45. The van der Waals surface area contributed by atoms with E-state index in [4.69, 9.17) is 0 Å². The number of hydrogen-bond donors (Lipinski definition) is 2. The number of benzene rings is 1. The van der Waals surface area contributed by atoms with Gasteiger partial charge in [0.2, 0.25) is 0 Å². The van der Waals surface area contributed by atoms with Gasteiger partial charge in [-0.05, 0) is 55.8 Å². The average Bonchev–Trinajstić information content (AvgIpc) is 2.99. The molecule has 0 aromatic heterocycles. The van der Waals surface area contributed by atoms with Gasteiger partial charge in [0.1, 0.15) is 0 Å². The van der Waals surface area contributed by atoms with Gasteiger partial charge in [-0.25, -0.2) is 0 Å². The van der Waals surface area contributed by atoms with Crippen LogP contribution in [0.4, 0.5) is 5.69 Å². The summed E-state index contributed by atoms with van der Waals surface area (Å²) in [6.45, 7) is 6.87. The minimum atomic E-state index is 0.657. The van der Waals surface area contributed by atoms with Crippen molar-refractivity contribution in [2.24, 2.45) is 5.92 Å². The molecule has 0 aliphatic carbocycles. The second kappa shape index (κ2) is 8.31. The molecule has 1 aliphatic rings. The molecule has 2 atom stereocenters. The molecule has 0 bridgehead atoms. The molecule has 2 rings (SSSR count). The van der Waals surface area contributed by atoms with E-state index in [1.165, 1.54) is 56.3 Å². The van der Waals surface area contributed by atoms with Gasteiger partial charge in [0.05, 0.1) is 0 Å². The predicted octanol–water partition coefficient (Wildman–Crippen LogP) is 4.22. The lowest BCUT2D eigenvalue weighted by Gasteiger charge is -2.13. The first-order chi connectivity index (χ1) is 9.78. The van der Waals surface area contributed by atoms with Crippen LogP contribution >= 0.6 is 0 Å². The molecule has 2 nitrogen and oxygen atoms in total.